The van der Waals surface area contributed by atoms with Gasteiger partial charge in [-0.1, -0.05) is 151 Å². The van der Waals surface area contributed by atoms with Gasteiger partial charge < -0.3 is 0 Å². The van der Waals surface area contributed by atoms with Crippen LogP contribution in [0.25, 0.3) is 76.5 Å². The van der Waals surface area contributed by atoms with Crippen LogP contribution in [0.5, 0.6) is 0 Å². The topological polar surface area (TPSA) is 0 Å². The molecular formula is C40H26. The summed E-state index contributed by atoms with van der Waals surface area (Å²) < 4.78 is 77.3. The Morgan fingerprint density at radius 1 is 0.350 bits per heavy atom. The molecule has 186 valence electrons. The third-order valence-electron chi connectivity index (χ3n) is 7.69. The van der Waals surface area contributed by atoms with Gasteiger partial charge in [0.1, 0.15) is 0 Å². The van der Waals surface area contributed by atoms with Gasteiger partial charge in [0.25, 0.3) is 0 Å². The summed E-state index contributed by atoms with van der Waals surface area (Å²) in [6.45, 7) is 0. The maximum absolute atomic E-state index is 8.86. The van der Waals surface area contributed by atoms with Crippen LogP contribution in [0.15, 0.2) is 158 Å². The molecule has 0 aromatic heterocycles. The first-order chi connectivity index (χ1) is 23.5. The van der Waals surface area contributed by atoms with E-state index in [4.69, 9.17) is 12.3 Å². The lowest BCUT2D eigenvalue weighted by Gasteiger charge is -2.19. The zero-order valence-corrected chi connectivity index (χ0v) is 21.3. The maximum Gasteiger partial charge on any atom is 0.0629 e. The van der Waals surface area contributed by atoms with E-state index in [1.165, 1.54) is 12.1 Å². The molecule has 0 fully saturated rings. The number of hydrogen-bond acceptors (Lipinski definition) is 0. The Hall–Kier alpha value is -5.20. The van der Waals surface area contributed by atoms with Gasteiger partial charge in [-0.25, -0.2) is 0 Å². The van der Waals surface area contributed by atoms with Crippen molar-refractivity contribution in [2.45, 2.75) is 0 Å². The molecule has 0 heteroatoms. The van der Waals surface area contributed by atoms with Crippen LogP contribution in [0.2, 0.25) is 0 Å². The van der Waals surface area contributed by atoms with Gasteiger partial charge in [0.05, 0.1) is 12.3 Å². The molecule has 0 bridgehead atoms. The fourth-order valence-electron chi connectivity index (χ4n) is 5.95. The zero-order chi connectivity index (χ0) is 34.3. The summed E-state index contributed by atoms with van der Waals surface area (Å²) in [7, 11) is 0. The van der Waals surface area contributed by atoms with Gasteiger partial charge in [0, 0.05) is 0 Å². The predicted octanol–water partition coefficient (Wildman–Crippen LogP) is 11.3. The average molecular weight is 516 g/mol. The quantitative estimate of drug-likeness (QED) is 0.205. The van der Waals surface area contributed by atoms with Gasteiger partial charge in [-0.15, -0.1) is 0 Å². The van der Waals surface area contributed by atoms with Crippen molar-refractivity contribution < 1.29 is 12.3 Å². The standard InChI is InChI=1S/C40H26/c1-2-13-28(14-3-1)39-35-16-6-8-18-37(35)40(38-19-9-7-17-36(38)39)34-23-11-21-32-31(20-10-22-33(32)34)30-25-24-27-12-4-5-15-29(27)26-30/h1-26H/i1D,2D,3D,6D,7D,8D,9D,13D,14D. The molecule has 0 aliphatic rings. The lowest BCUT2D eigenvalue weighted by atomic mass is 9.84. The minimum Gasteiger partial charge on any atom is -0.0622 e. The molecule has 0 aliphatic heterocycles. The molecule has 0 spiro atoms. The molecule has 0 N–H and O–H groups in total. The second-order valence-electron chi connectivity index (χ2n) is 9.83. The summed E-state index contributed by atoms with van der Waals surface area (Å²) in [6.07, 6.45) is 0. The Labute approximate surface area is 246 Å². The van der Waals surface area contributed by atoms with Crippen molar-refractivity contribution in [1.82, 2.24) is 0 Å². The Kier molecular flexibility index (Phi) is 3.55. The van der Waals surface area contributed by atoms with E-state index in [0.29, 0.717) is 27.1 Å². The van der Waals surface area contributed by atoms with Crippen molar-refractivity contribution in [3.05, 3.63) is 158 Å². The highest BCUT2D eigenvalue weighted by Crippen LogP contribution is 2.46. The van der Waals surface area contributed by atoms with E-state index in [1.807, 2.05) is 36.4 Å². The van der Waals surface area contributed by atoms with Gasteiger partial charge in [0.2, 0.25) is 0 Å². The second kappa shape index (κ2) is 9.22. The molecule has 0 amide bonds. The van der Waals surface area contributed by atoms with E-state index in [2.05, 4.69) is 42.5 Å². The SMILES string of the molecule is [2H]c1cc2c(-c3c([2H])c([2H])c([2H])c([2H])c3[2H])c3cc([2H])c([2H])cc3c(-c3cccc4c(-c5ccc6ccccc6c5)cccc34)c2cc1[2H]. The molecule has 0 radical (unpaired) electrons. The van der Waals surface area contributed by atoms with E-state index >= 15 is 0 Å². The molecule has 0 nitrogen and oxygen atoms in total. The molecule has 0 saturated carbocycles. The Balaban J connectivity index is 1.54. The smallest absolute Gasteiger partial charge is 0.0622 e. The molecule has 0 atom stereocenters. The van der Waals surface area contributed by atoms with E-state index in [-0.39, 0.29) is 35.3 Å². The Morgan fingerprint density at radius 3 is 1.60 bits per heavy atom. The first-order valence-electron chi connectivity index (χ1n) is 17.6. The molecule has 8 rings (SSSR count). The molecule has 0 saturated heterocycles. The fourth-order valence-corrected chi connectivity index (χ4v) is 5.95. The first-order valence-corrected chi connectivity index (χ1v) is 13.1. The first kappa shape index (κ1) is 15.4. The van der Waals surface area contributed by atoms with Gasteiger partial charge in [-0.2, -0.15) is 0 Å². The van der Waals surface area contributed by atoms with Crippen LogP contribution in [-0.2, 0) is 0 Å². The second-order valence-corrected chi connectivity index (χ2v) is 9.83. The third kappa shape index (κ3) is 3.54. The molecule has 0 unspecified atom stereocenters. The van der Waals surface area contributed by atoms with Crippen LogP contribution in [0.3, 0.4) is 0 Å². The summed E-state index contributed by atoms with van der Waals surface area (Å²) in [4.78, 5) is 0. The van der Waals surface area contributed by atoms with Crippen molar-refractivity contribution in [2.75, 3.05) is 0 Å². The van der Waals surface area contributed by atoms with Crippen LogP contribution >= 0.6 is 0 Å². The molecule has 0 aliphatic carbocycles. The van der Waals surface area contributed by atoms with E-state index in [9.17, 15) is 0 Å². The highest BCUT2D eigenvalue weighted by Gasteiger charge is 2.18. The number of fused-ring (bicyclic) bond motifs is 4. The summed E-state index contributed by atoms with van der Waals surface area (Å²) in [6, 6.07) is 30.2. The van der Waals surface area contributed by atoms with E-state index in [0.717, 1.165) is 38.2 Å². The lowest BCUT2D eigenvalue weighted by molar-refractivity contribution is 1.65. The number of hydrogen-bond donors (Lipinski definition) is 0. The minimum atomic E-state index is -0.522. The van der Waals surface area contributed by atoms with Crippen LogP contribution in [-0.4, -0.2) is 0 Å². The third-order valence-corrected chi connectivity index (χ3v) is 7.69. The summed E-state index contributed by atoms with van der Waals surface area (Å²) in [5.74, 6) is 0. The molecule has 40 heavy (non-hydrogen) atoms. The highest BCUT2D eigenvalue weighted by molar-refractivity contribution is 6.24. The molecule has 8 aromatic carbocycles. The van der Waals surface area contributed by atoms with E-state index in [1.54, 1.807) is 12.1 Å². The Bertz CT molecular complexity index is 2620. The van der Waals surface area contributed by atoms with Crippen molar-refractivity contribution in [1.29, 1.82) is 0 Å². The van der Waals surface area contributed by atoms with Gasteiger partial charge in [-0.3, -0.25) is 0 Å². The highest BCUT2D eigenvalue weighted by atomic mass is 14.2. The molecule has 8 aromatic rings. The normalized spacial score (nSPS) is 14.7. The summed E-state index contributed by atoms with van der Waals surface area (Å²) in [5, 5.41) is 6.07. The lowest BCUT2D eigenvalue weighted by Crippen LogP contribution is -1.92. The molecular weight excluding hydrogens is 480 g/mol. The predicted molar refractivity (Wildman–Crippen MR) is 173 cm³/mol. The minimum absolute atomic E-state index is 0.0413. The summed E-state index contributed by atoms with van der Waals surface area (Å²) >= 11 is 0. The summed E-state index contributed by atoms with van der Waals surface area (Å²) in [5.41, 5.74) is 3.76. The van der Waals surface area contributed by atoms with E-state index < -0.39 is 30.2 Å². The van der Waals surface area contributed by atoms with Crippen LogP contribution in [0, 0.1) is 0 Å². The monoisotopic (exact) mass is 515 g/mol. The number of rotatable bonds is 3. The molecule has 0 heterocycles. The average Bonchev–Trinajstić information content (AvgIpc) is 3.11. The van der Waals surface area contributed by atoms with Crippen LogP contribution < -0.4 is 0 Å². The largest absolute Gasteiger partial charge is 0.0629 e. The van der Waals surface area contributed by atoms with Crippen LogP contribution in [0.1, 0.15) is 12.3 Å². The Morgan fingerprint density at radius 2 is 0.925 bits per heavy atom. The number of benzene rings is 8. The van der Waals surface area contributed by atoms with Gasteiger partial charge in [-0.05, 0) is 82.5 Å². The van der Waals surface area contributed by atoms with Gasteiger partial charge >= 0.3 is 0 Å². The van der Waals surface area contributed by atoms with Crippen molar-refractivity contribution >= 4 is 43.1 Å². The van der Waals surface area contributed by atoms with Gasteiger partial charge in [0.15, 0.2) is 0 Å². The van der Waals surface area contributed by atoms with Crippen molar-refractivity contribution in [3.63, 3.8) is 0 Å². The van der Waals surface area contributed by atoms with Crippen molar-refractivity contribution in [2.24, 2.45) is 0 Å². The van der Waals surface area contributed by atoms with Crippen LogP contribution in [0.4, 0.5) is 0 Å². The fraction of sp³-hybridized carbons (Fsp3) is 0. The zero-order valence-electron chi connectivity index (χ0n) is 30.3. The van der Waals surface area contributed by atoms with Crippen molar-refractivity contribution in [3.8, 4) is 33.4 Å². The maximum atomic E-state index is 8.86.